The topological polar surface area (TPSA) is 73.4 Å². The lowest BCUT2D eigenvalue weighted by Gasteiger charge is -2.19. The van der Waals surface area contributed by atoms with E-state index in [1.165, 1.54) is 24.3 Å². The van der Waals surface area contributed by atoms with Crippen LogP contribution in [0.25, 0.3) is 11.0 Å². The predicted octanol–water partition coefficient (Wildman–Crippen LogP) is 4.78. The number of alkyl halides is 3. The Kier molecular flexibility index (Phi) is 6.79. The van der Waals surface area contributed by atoms with Crippen molar-refractivity contribution in [2.24, 2.45) is 0 Å². The quantitative estimate of drug-likeness (QED) is 0.357. The molecule has 31 heavy (non-hydrogen) atoms. The molecular formula is C21H23F3N4O3. The van der Waals surface area contributed by atoms with E-state index in [1.807, 2.05) is 4.57 Å². The van der Waals surface area contributed by atoms with Gasteiger partial charge in [0.15, 0.2) is 0 Å². The van der Waals surface area contributed by atoms with Crippen LogP contribution in [0.2, 0.25) is 0 Å². The van der Waals surface area contributed by atoms with Gasteiger partial charge in [0, 0.05) is 31.6 Å². The molecule has 0 saturated heterocycles. The summed E-state index contributed by atoms with van der Waals surface area (Å²) in [6, 6.07) is 10.2. The number of hydrogen-bond acceptors (Lipinski definition) is 5. The van der Waals surface area contributed by atoms with E-state index in [1.54, 1.807) is 18.2 Å². The third kappa shape index (κ3) is 5.72. The van der Waals surface area contributed by atoms with E-state index in [0.717, 1.165) is 30.7 Å². The van der Waals surface area contributed by atoms with E-state index in [0.29, 0.717) is 24.3 Å². The maximum Gasteiger partial charge on any atom is 0.573 e. The van der Waals surface area contributed by atoms with Gasteiger partial charge in [-0.15, -0.1) is 13.2 Å². The molecule has 0 fully saturated rings. The van der Waals surface area contributed by atoms with Crippen LogP contribution in [0.4, 0.5) is 18.9 Å². The van der Waals surface area contributed by atoms with Crippen molar-refractivity contribution in [3.05, 3.63) is 64.0 Å². The number of imidazole rings is 1. The Morgan fingerprint density at radius 3 is 2.39 bits per heavy atom. The highest BCUT2D eigenvalue weighted by molar-refractivity contribution is 5.78. The van der Waals surface area contributed by atoms with Crippen LogP contribution in [0.5, 0.6) is 5.75 Å². The summed E-state index contributed by atoms with van der Waals surface area (Å²) >= 11 is 0. The molecule has 3 rings (SSSR count). The fourth-order valence-electron chi connectivity index (χ4n) is 3.44. The SMILES string of the molecule is CCN(CC)CCn1c(Cc2ccc(OC(F)(F)F)cc2)nc2cc([N+](=O)[O-])ccc21. The molecule has 0 aliphatic heterocycles. The second kappa shape index (κ2) is 9.34. The number of non-ortho nitro benzene ring substituents is 1. The molecule has 0 aliphatic carbocycles. The zero-order chi connectivity index (χ0) is 22.6. The maximum absolute atomic E-state index is 12.4. The second-order valence-corrected chi connectivity index (χ2v) is 7.01. The molecule has 0 atom stereocenters. The number of halogens is 3. The molecule has 0 amide bonds. The minimum atomic E-state index is -4.74. The maximum atomic E-state index is 12.4. The van der Waals surface area contributed by atoms with Crippen molar-refractivity contribution in [1.82, 2.24) is 14.5 Å². The monoisotopic (exact) mass is 436 g/mol. The molecule has 2 aromatic carbocycles. The third-order valence-electron chi connectivity index (χ3n) is 5.08. The molecule has 0 spiro atoms. The average molecular weight is 436 g/mol. The summed E-state index contributed by atoms with van der Waals surface area (Å²) in [4.78, 5) is 17.5. The van der Waals surface area contributed by atoms with E-state index in [-0.39, 0.29) is 11.4 Å². The zero-order valence-electron chi connectivity index (χ0n) is 17.2. The van der Waals surface area contributed by atoms with Crippen LogP contribution >= 0.6 is 0 Å². The van der Waals surface area contributed by atoms with Gasteiger partial charge in [0.05, 0.1) is 16.0 Å². The van der Waals surface area contributed by atoms with Crippen LogP contribution in [0, 0.1) is 10.1 Å². The summed E-state index contributed by atoms with van der Waals surface area (Å²) in [7, 11) is 0. The Labute approximate surface area is 177 Å². The molecule has 166 valence electrons. The first-order valence-electron chi connectivity index (χ1n) is 9.90. The van der Waals surface area contributed by atoms with Crippen LogP contribution in [0.15, 0.2) is 42.5 Å². The largest absolute Gasteiger partial charge is 0.573 e. The van der Waals surface area contributed by atoms with Gasteiger partial charge < -0.3 is 14.2 Å². The summed E-state index contributed by atoms with van der Waals surface area (Å²) in [5.74, 6) is 0.397. The molecular weight excluding hydrogens is 413 g/mol. The summed E-state index contributed by atoms with van der Waals surface area (Å²) in [5.41, 5.74) is 2.01. The Morgan fingerprint density at radius 2 is 1.81 bits per heavy atom. The molecule has 0 bridgehead atoms. The normalized spacial score (nSPS) is 11.9. The van der Waals surface area contributed by atoms with Gasteiger partial charge in [0.1, 0.15) is 11.6 Å². The van der Waals surface area contributed by atoms with Crippen molar-refractivity contribution in [2.75, 3.05) is 19.6 Å². The Balaban J connectivity index is 1.91. The number of benzene rings is 2. The molecule has 10 heteroatoms. The molecule has 0 radical (unpaired) electrons. The van der Waals surface area contributed by atoms with Crippen LogP contribution in [0.3, 0.4) is 0 Å². The number of rotatable bonds is 9. The first kappa shape index (κ1) is 22.5. The van der Waals surface area contributed by atoms with Gasteiger partial charge in [0.2, 0.25) is 0 Å². The van der Waals surface area contributed by atoms with E-state index in [4.69, 9.17) is 0 Å². The van der Waals surface area contributed by atoms with Crippen LogP contribution < -0.4 is 4.74 Å². The first-order valence-corrected chi connectivity index (χ1v) is 9.90. The molecule has 0 saturated carbocycles. The molecule has 3 aromatic rings. The van der Waals surface area contributed by atoms with Crippen LogP contribution in [0.1, 0.15) is 25.2 Å². The first-order chi connectivity index (χ1) is 14.7. The Bertz CT molecular complexity index is 1040. The van der Waals surface area contributed by atoms with Crippen molar-refractivity contribution in [3.63, 3.8) is 0 Å². The second-order valence-electron chi connectivity index (χ2n) is 7.01. The average Bonchev–Trinajstić information content (AvgIpc) is 3.05. The summed E-state index contributed by atoms with van der Waals surface area (Å²) in [6.07, 6.45) is -4.37. The van der Waals surface area contributed by atoms with E-state index in [2.05, 4.69) is 28.5 Å². The summed E-state index contributed by atoms with van der Waals surface area (Å²) in [5, 5.41) is 11.1. The van der Waals surface area contributed by atoms with Gasteiger partial charge in [-0.2, -0.15) is 0 Å². The smallest absolute Gasteiger partial charge is 0.406 e. The summed E-state index contributed by atoms with van der Waals surface area (Å²) in [6.45, 7) is 7.35. The number of nitrogens with zero attached hydrogens (tertiary/aromatic N) is 4. The fraction of sp³-hybridized carbons (Fsp3) is 0.381. The van der Waals surface area contributed by atoms with E-state index in [9.17, 15) is 23.3 Å². The van der Waals surface area contributed by atoms with Gasteiger partial charge in [-0.05, 0) is 36.9 Å². The van der Waals surface area contributed by atoms with Gasteiger partial charge in [-0.25, -0.2) is 4.98 Å². The number of ether oxygens (including phenoxy) is 1. The molecule has 0 aliphatic rings. The van der Waals surface area contributed by atoms with E-state index >= 15 is 0 Å². The summed E-state index contributed by atoms with van der Waals surface area (Å²) < 4.78 is 43.0. The molecule has 1 aromatic heterocycles. The van der Waals surface area contributed by atoms with Gasteiger partial charge >= 0.3 is 6.36 Å². The Morgan fingerprint density at radius 1 is 1.13 bits per heavy atom. The number of fused-ring (bicyclic) bond motifs is 1. The lowest BCUT2D eigenvalue weighted by molar-refractivity contribution is -0.384. The molecule has 7 nitrogen and oxygen atoms in total. The highest BCUT2D eigenvalue weighted by Gasteiger charge is 2.31. The fourth-order valence-corrected chi connectivity index (χ4v) is 3.44. The minimum Gasteiger partial charge on any atom is -0.406 e. The molecule has 0 N–H and O–H groups in total. The van der Waals surface area contributed by atoms with E-state index < -0.39 is 11.3 Å². The van der Waals surface area contributed by atoms with Crippen molar-refractivity contribution in [3.8, 4) is 5.75 Å². The standard InChI is InChI=1S/C21H23F3N4O3/c1-3-26(4-2)11-12-27-19-10-7-16(28(29)30)14-18(19)25-20(27)13-15-5-8-17(9-6-15)31-21(22,23)24/h5-10,14H,3-4,11-13H2,1-2H3. The zero-order valence-corrected chi connectivity index (χ0v) is 17.2. The van der Waals surface area contributed by atoms with Gasteiger partial charge in [-0.3, -0.25) is 10.1 Å². The predicted molar refractivity (Wildman–Crippen MR) is 110 cm³/mol. The van der Waals surface area contributed by atoms with Gasteiger partial charge in [0.25, 0.3) is 5.69 Å². The van der Waals surface area contributed by atoms with Gasteiger partial charge in [-0.1, -0.05) is 26.0 Å². The van der Waals surface area contributed by atoms with Crippen molar-refractivity contribution < 1.29 is 22.8 Å². The van der Waals surface area contributed by atoms with Crippen LogP contribution in [-0.4, -0.2) is 45.4 Å². The highest BCUT2D eigenvalue weighted by Crippen LogP contribution is 2.26. The third-order valence-corrected chi connectivity index (χ3v) is 5.08. The lowest BCUT2D eigenvalue weighted by atomic mass is 10.1. The number of likely N-dealkylation sites (N-methyl/N-ethyl adjacent to an activating group) is 1. The number of hydrogen-bond donors (Lipinski definition) is 0. The number of nitro groups is 1. The van der Waals surface area contributed by atoms with Crippen molar-refractivity contribution in [2.45, 2.75) is 33.2 Å². The van der Waals surface area contributed by atoms with Crippen molar-refractivity contribution in [1.29, 1.82) is 0 Å². The van der Waals surface area contributed by atoms with Crippen molar-refractivity contribution >= 4 is 16.7 Å². The lowest BCUT2D eigenvalue weighted by Crippen LogP contribution is -2.27. The minimum absolute atomic E-state index is 0.0407. The highest BCUT2D eigenvalue weighted by atomic mass is 19.4. The molecule has 1 heterocycles. The molecule has 0 unspecified atom stereocenters. The number of aromatic nitrogens is 2. The number of nitro benzene ring substituents is 1. The Hall–Kier alpha value is -3.14. The van der Waals surface area contributed by atoms with Crippen LogP contribution in [-0.2, 0) is 13.0 Å².